The fraction of sp³-hybridized carbons (Fsp3) is 1.00. The second-order valence-electron chi connectivity index (χ2n) is 3.06. The summed E-state index contributed by atoms with van der Waals surface area (Å²) in [7, 11) is -3.03. The molecule has 4 nitrogen and oxygen atoms in total. The Kier molecular flexibility index (Phi) is 3.49. The molecular weight excluding hydrogens is 176 g/mol. The highest BCUT2D eigenvalue weighted by atomic mass is 32.2. The van der Waals surface area contributed by atoms with Gasteiger partial charge in [0.15, 0.2) is 0 Å². The highest BCUT2D eigenvalue weighted by molar-refractivity contribution is 7.89. The van der Waals surface area contributed by atoms with Crippen molar-refractivity contribution >= 4 is 10.0 Å². The first-order valence-corrected chi connectivity index (χ1v) is 5.95. The van der Waals surface area contributed by atoms with E-state index in [1.54, 1.807) is 4.31 Å². The maximum atomic E-state index is 11.4. The average molecular weight is 192 g/mol. The second kappa shape index (κ2) is 4.20. The van der Waals surface area contributed by atoms with Gasteiger partial charge in [-0.2, -0.15) is 0 Å². The zero-order valence-electron chi connectivity index (χ0n) is 7.20. The molecule has 0 aliphatic carbocycles. The van der Waals surface area contributed by atoms with Gasteiger partial charge in [0.05, 0.1) is 5.75 Å². The SMILES string of the molecule is NCCS(=O)(=O)N1CCCCC1. The summed E-state index contributed by atoms with van der Waals surface area (Å²) in [5.74, 6) is 0.0903. The molecule has 0 aromatic heterocycles. The first-order valence-electron chi connectivity index (χ1n) is 4.35. The van der Waals surface area contributed by atoms with Crippen LogP contribution >= 0.6 is 0 Å². The molecule has 72 valence electrons. The first-order chi connectivity index (χ1) is 5.67. The zero-order chi connectivity index (χ0) is 9.03. The van der Waals surface area contributed by atoms with Crippen LogP contribution in [0.4, 0.5) is 0 Å². The molecule has 0 saturated carbocycles. The monoisotopic (exact) mass is 192 g/mol. The van der Waals surface area contributed by atoms with Gasteiger partial charge in [0.25, 0.3) is 0 Å². The fourth-order valence-corrected chi connectivity index (χ4v) is 2.79. The number of hydrogen-bond acceptors (Lipinski definition) is 3. The summed E-state index contributed by atoms with van der Waals surface area (Å²) < 4.78 is 24.4. The van der Waals surface area contributed by atoms with E-state index >= 15 is 0 Å². The highest BCUT2D eigenvalue weighted by Gasteiger charge is 2.22. The Labute approximate surface area is 73.8 Å². The lowest BCUT2D eigenvalue weighted by molar-refractivity contribution is 0.347. The van der Waals surface area contributed by atoms with Gasteiger partial charge in [-0.1, -0.05) is 6.42 Å². The Bertz CT molecular complexity index is 220. The normalized spacial score (nSPS) is 21.1. The molecule has 1 fully saturated rings. The molecule has 0 aromatic carbocycles. The predicted octanol–water partition coefficient (Wildman–Crippen LogP) is -0.239. The van der Waals surface area contributed by atoms with E-state index in [9.17, 15) is 8.42 Å². The van der Waals surface area contributed by atoms with Crippen LogP contribution in [0.2, 0.25) is 0 Å². The summed E-state index contributed by atoms with van der Waals surface area (Å²) in [6.45, 7) is 1.59. The van der Waals surface area contributed by atoms with Gasteiger partial charge in [-0.05, 0) is 12.8 Å². The topological polar surface area (TPSA) is 63.4 Å². The lowest BCUT2D eigenvalue weighted by atomic mass is 10.2. The smallest absolute Gasteiger partial charge is 0.215 e. The van der Waals surface area contributed by atoms with Gasteiger partial charge in [-0.15, -0.1) is 0 Å². The molecule has 0 radical (unpaired) electrons. The average Bonchev–Trinajstić information content (AvgIpc) is 2.06. The van der Waals surface area contributed by atoms with E-state index in [0.717, 1.165) is 19.3 Å². The molecule has 0 bridgehead atoms. The summed E-state index contributed by atoms with van der Waals surface area (Å²) in [6.07, 6.45) is 3.13. The van der Waals surface area contributed by atoms with Crippen LogP contribution < -0.4 is 5.73 Å². The molecule has 0 aromatic rings. The first kappa shape index (κ1) is 9.95. The van der Waals surface area contributed by atoms with Crippen LogP contribution in [0.1, 0.15) is 19.3 Å². The van der Waals surface area contributed by atoms with Crippen molar-refractivity contribution < 1.29 is 8.42 Å². The minimum Gasteiger partial charge on any atom is -0.329 e. The van der Waals surface area contributed by atoms with Gasteiger partial charge in [-0.3, -0.25) is 0 Å². The summed E-state index contributed by atoms with van der Waals surface area (Å²) in [5.41, 5.74) is 5.22. The highest BCUT2D eigenvalue weighted by Crippen LogP contribution is 2.12. The molecule has 1 aliphatic rings. The predicted molar refractivity (Wildman–Crippen MR) is 48.3 cm³/mol. The Morgan fingerprint density at radius 2 is 1.75 bits per heavy atom. The van der Waals surface area contributed by atoms with Crippen molar-refractivity contribution in [2.45, 2.75) is 19.3 Å². The van der Waals surface area contributed by atoms with Crippen LogP contribution in [-0.4, -0.2) is 38.1 Å². The van der Waals surface area contributed by atoms with Gasteiger partial charge in [0, 0.05) is 19.6 Å². The van der Waals surface area contributed by atoms with Crippen LogP contribution in [0.5, 0.6) is 0 Å². The third kappa shape index (κ3) is 2.43. The van der Waals surface area contributed by atoms with Gasteiger partial charge < -0.3 is 5.73 Å². The number of nitrogens with two attached hydrogens (primary N) is 1. The van der Waals surface area contributed by atoms with E-state index in [1.165, 1.54) is 0 Å². The van der Waals surface area contributed by atoms with Crippen LogP contribution in [0.3, 0.4) is 0 Å². The Balaban J connectivity index is 2.54. The van der Waals surface area contributed by atoms with Crippen LogP contribution in [0.25, 0.3) is 0 Å². The van der Waals surface area contributed by atoms with Crippen molar-refractivity contribution in [2.24, 2.45) is 5.73 Å². The molecule has 12 heavy (non-hydrogen) atoms. The maximum absolute atomic E-state index is 11.4. The molecule has 5 heteroatoms. The zero-order valence-corrected chi connectivity index (χ0v) is 8.02. The summed E-state index contributed by atoms with van der Waals surface area (Å²) in [6, 6.07) is 0. The molecule has 1 heterocycles. The minimum absolute atomic E-state index is 0.0903. The van der Waals surface area contributed by atoms with Gasteiger partial charge in [0.1, 0.15) is 0 Å². The maximum Gasteiger partial charge on any atom is 0.215 e. The molecule has 1 aliphatic heterocycles. The molecule has 2 N–H and O–H groups in total. The number of nitrogens with zero attached hydrogens (tertiary/aromatic N) is 1. The molecule has 0 atom stereocenters. The van der Waals surface area contributed by atoms with Crippen LogP contribution in [-0.2, 0) is 10.0 Å². The van der Waals surface area contributed by atoms with Gasteiger partial charge >= 0.3 is 0 Å². The fourth-order valence-electron chi connectivity index (χ4n) is 1.42. The van der Waals surface area contributed by atoms with Crippen LogP contribution in [0, 0.1) is 0 Å². The molecule has 0 spiro atoms. The number of sulfonamides is 1. The van der Waals surface area contributed by atoms with Crippen molar-refractivity contribution in [2.75, 3.05) is 25.4 Å². The largest absolute Gasteiger partial charge is 0.329 e. The van der Waals surface area contributed by atoms with E-state index in [-0.39, 0.29) is 12.3 Å². The Hall–Kier alpha value is -0.130. The van der Waals surface area contributed by atoms with Crippen molar-refractivity contribution in [3.63, 3.8) is 0 Å². The molecule has 0 amide bonds. The molecule has 1 saturated heterocycles. The number of hydrogen-bond donors (Lipinski definition) is 1. The molecule has 0 unspecified atom stereocenters. The minimum atomic E-state index is -3.03. The van der Waals surface area contributed by atoms with Crippen molar-refractivity contribution in [1.82, 2.24) is 4.31 Å². The van der Waals surface area contributed by atoms with E-state index in [4.69, 9.17) is 5.73 Å². The van der Waals surface area contributed by atoms with Crippen molar-refractivity contribution in [3.8, 4) is 0 Å². The summed E-state index contributed by atoms with van der Waals surface area (Å²) >= 11 is 0. The standard InChI is InChI=1S/C7H16N2O2S/c8-4-7-12(10,11)9-5-2-1-3-6-9/h1-8H2. The van der Waals surface area contributed by atoms with Crippen molar-refractivity contribution in [3.05, 3.63) is 0 Å². The van der Waals surface area contributed by atoms with Crippen molar-refractivity contribution in [1.29, 1.82) is 0 Å². The Morgan fingerprint density at radius 1 is 1.17 bits per heavy atom. The lowest BCUT2D eigenvalue weighted by Gasteiger charge is -2.25. The van der Waals surface area contributed by atoms with E-state index in [1.807, 2.05) is 0 Å². The third-order valence-electron chi connectivity index (χ3n) is 2.08. The number of piperidine rings is 1. The second-order valence-corrected chi connectivity index (χ2v) is 5.15. The van der Waals surface area contributed by atoms with E-state index in [2.05, 4.69) is 0 Å². The summed E-state index contributed by atoms with van der Waals surface area (Å²) in [5, 5.41) is 0. The lowest BCUT2D eigenvalue weighted by Crippen LogP contribution is -2.38. The van der Waals surface area contributed by atoms with Gasteiger partial charge in [-0.25, -0.2) is 12.7 Å². The Morgan fingerprint density at radius 3 is 2.25 bits per heavy atom. The van der Waals surface area contributed by atoms with Crippen LogP contribution in [0.15, 0.2) is 0 Å². The third-order valence-corrected chi connectivity index (χ3v) is 3.99. The van der Waals surface area contributed by atoms with E-state index < -0.39 is 10.0 Å². The quantitative estimate of drug-likeness (QED) is 0.671. The van der Waals surface area contributed by atoms with E-state index in [0.29, 0.717) is 13.1 Å². The molecular formula is C7H16N2O2S. The van der Waals surface area contributed by atoms with Gasteiger partial charge in [0.2, 0.25) is 10.0 Å². The number of rotatable bonds is 3. The molecule has 1 rings (SSSR count). The summed E-state index contributed by atoms with van der Waals surface area (Å²) in [4.78, 5) is 0.